The Morgan fingerprint density at radius 3 is 2.39 bits per heavy atom. The summed E-state index contributed by atoms with van der Waals surface area (Å²) in [5.41, 5.74) is 0.644. The second-order valence-electron chi connectivity index (χ2n) is 4.54. The lowest BCUT2D eigenvalue weighted by molar-refractivity contribution is 0.0928. The lowest BCUT2D eigenvalue weighted by Gasteiger charge is -2.27. The third-order valence-electron chi connectivity index (χ3n) is 3.12. The highest BCUT2D eigenvalue weighted by Gasteiger charge is 2.25. The molecule has 2 nitrogen and oxygen atoms in total. The largest absolute Gasteiger partial charge is 0.348 e. The van der Waals surface area contributed by atoms with Crippen LogP contribution in [0.4, 0.5) is 0 Å². The highest BCUT2D eigenvalue weighted by molar-refractivity contribution is 9.11. The van der Waals surface area contributed by atoms with Crippen molar-refractivity contribution in [3.05, 3.63) is 32.7 Å². The summed E-state index contributed by atoms with van der Waals surface area (Å²) in [6, 6.07) is 5.62. The van der Waals surface area contributed by atoms with E-state index in [1.807, 2.05) is 18.2 Å². The molecule has 0 bridgehead atoms. The molecule has 5 heteroatoms. The Hall–Kier alpha value is -0.0600. The number of amides is 1. The van der Waals surface area contributed by atoms with E-state index in [9.17, 15) is 4.79 Å². The van der Waals surface area contributed by atoms with Crippen molar-refractivity contribution in [2.45, 2.75) is 37.1 Å². The number of alkyl halides is 1. The highest BCUT2D eigenvalue weighted by atomic mass is 79.9. The Bertz CT molecular complexity index is 432. The monoisotopic (exact) mass is 393 g/mol. The molecular weight excluding hydrogens is 381 g/mol. The summed E-state index contributed by atoms with van der Waals surface area (Å²) in [6.07, 6.45) is 4.24. The van der Waals surface area contributed by atoms with Gasteiger partial charge in [0.05, 0.1) is 5.38 Å². The fraction of sp³-hybridized carbons (Fsp3) is 0.462. The molecule has 1 N–H and O–H groups in total. The van der Waals surface area contributed by atoms with E-state index < -0.39 is 0 Å². The maximum atomic E-state index is 12.2. The fourth-order valence-electron chi connectivity index (χ4n) is 2.18. The number of hydrogen-bond donors (Lipinski definition) is 1. The Balaban J connectivity index is 2.06. The van der Waals surface area contributed by atoms with Gasteiger partial charge in [0.15, 0.2) is 0 Å². The van der Waals surface area contributed by atoms with Crippen LogP contribution in [-0.2, 0) is 0 Å². The van der Waals surface area contributed by atoms with Crippen molar-refractivity contribution >= 4 is 49.4 Å². The van der Waals surface area contributed by atoms with E-state index in [0.29, 0.717) is 5.56 Å². The van der Waals surface area contributed by atoms with Crippen LogP contribution in [0.2, 0.25) is 0 Å². The minimum atomic E-state index is -0.0606. The first-order chi connectivity index (χ1) is 8.56. The predicted octanol–water partition coefficient (Wildman–Crippen LogP) is 4.49. The first kappa shape index (κ1) is 14.4. The number of carbonyl (C=O) groups excluding carboxylic acids is 1. The topological polar surface area (TPSA) is 29.1 Å². The van der Waals surface area contributed by atoms with E-state index in [4.69, 9.17) is 11.6 Å². The maximum absolute atomic E-state index is 12.2. The Morgan fingerprint density at radius 2 is 1.78 bits per heavy atom. The van der Waals surface area contributed by atoms with Crippen LogP contribution in [0.15, 0.2) is 27.1 Å². The summed E-state index contributed by atoms with van der Waals surface area (Å²) in [5.74, 6) is -0.0606. The second kappa shape index (κ2) is 6.40. The molecule has 1 aliphatic carbocycles. The molecule has 2 atom stereocenters. The lowest BCUT2D eigenvalue weighted by Crippen LogP contribution is -2.42. The van der Waals surface area contributed by atoms with Crippen LogP contribution in [0.3, 0.4) is 0 Å². The number of hydrogen-bond acceptors (Lipinski definition) is 1. The summed E-state index contributed by atoms with van der Waals surface area (Å²) >= 11 is 13.0. The maximum Gasteiger partial charge on any atom is 0.251 e. The number of benzene rings is 1. The lowest BCUT2D eigenvalue weighted by atomic mass is 9.94. The first-order valence-electron chi connectivity index (χ1n) is 5.97. The van der Waals surface area contributed by atoms with Gasteiger partial charge in [-0.3, -0.25) is 4.79 Å². The average Bonchev–Trinajstić information content (AvgIpc) is 2.31. The summed E-state index contributed by atoms with van der Waals surface area (Å²) < 4.78 is 1.76. The molecule has 18 heavy (non-hydrogen) atoms. The predicted molar refractivity (Wildman–Crippen MR) is 81.2 cm³/mol. The van der Waals surface area contributed by atoms with Gasteiger partial charge in [0, 0.05) is 20.6 Å². The molecule has 0 aromatic heterocycles. The van der Waals surface area contributed by atoms with Crippen LogP contribution in [0.25, 0.3) is 0 Å². The summed E-state index contributed by atoms with van der Waals surface area (Å²) in [4.78, 5) is 12.2. The van der Waals surface area contributed by atoms with Crippen molar-refractivity contribution in [1.82, 2.24) is 5.32 Å². The molecule has 2 unspecified atom stereocenters. The van der Waals surface area contributed by atoms with Crippen molar-refractivity contribution in [3.63, 3.8) is 0 Å². The van der Waals surface area contributed by atoms with Crippen molar-refractivity contribution in [3.8, 4) is 0 Å². The Kier molecular flexibility index (Phi) is 5.10. The quantitative estimate of drug-likeness (QED) is 0.735. The van der Waals surface area contributed by atoms with Gasteiger partial charge in [-0.15, -0.1) is 11.6 Å². The van der Waals surface area contributed by atoms with E-state index in [0.717, 1.165) is 34.6 Å². The molecule has 1 fully saturated rings. The highest BCUT2D eigenvalue weighted by Crippen LogP contribution is 2.24. The molecule has 1 aromatic carbocycles. The van der Waals surface area contributed by atoms with E-state index in [1.165, 1.54) is 0 Å². The third-order valence-corrected chi connectivity index (χ3v) is 4.56. The zero-order valence-corrected chi connectivity index (χ0v) is 13.7. The molecule has 1 aromatic rings. The van der Waals surface area contributed by atoms with Gasteiger partial charge < -0.3 is 5.32 Å². The van der Waals surface area contributed by atoms with Crippen molar-refractivity contribution in [2.24, 2.45) is 0 Å². The van der Waals surface area contributed by atoms with Crippen LogP contribution in [0, 0.1) is 0 Å². The van der Waals surface area contributed by atoms with Crippen molar-refractivity contribution in [1.29, 1.82) is 0 Å². The number of carbonyl (C=O) groups is 1. The summed E-state index contributed by atoms with van der Waals surface area (Å²) in [7, 11) is 0. The Labute approximate surface area is 129 Å². The molecule has 0 aliphatic heterocycles. The van der Waals surface area contributed by atoms with E-state index in [-0.39, 0.29) is 17.3 Å². The average molecular weight is 396 g/mol. The normalized spacial score (nSPS) is 23.7. The van der Waals surface area contributed by atoms with Gasteiger partial charge in [-0.2, -0.15) is 0 Å². The van der Waals surface area contributed by atoms with Crippen LogP contribution in [0.1, 0.15) is 36.0 Å². The molecule has 1 saturated carbocycles. The molecule has 1 aliphatic rings. The molecule has 0 radical (unpaired) electrons. The van der Waals surface area contributed by atoms with Gasteiger partial charge in [-0.1, -0.05) is 44.7 Å². The number of rotatable bonds is 2. The molecular formula is C13H14Br2ClNO. The third kappa shape index (κ3) is 3.72. The van der Waals surface area contributed by atoms with Gasteiger partial charge in [0.2, 0.25) is 0 Å². The summed E-state index contributed by atoms with van der Waals surface area (Å²) in [6.45, 7) is 0. The second-order valence-corrected chi connectivity index (χ2v) is 6.93. The first-order valence-corrected chi connectivity index (χ1v) is 7.99. The van der Waals surface area contributed by atoms with Crippen LogP contribution < -0.4 is 5.32 Å². The van der Waals surface area contributed by atoms with Gasteiger partial charge >= 0.3 is 0 Å². The summed E-state index contributed by atoms with van der Waals surface area (Å²) in [5, 5.41) is 3.08. The van der Waals surface area contributed by atoms with Crippen molar-refractivity contribution < 1.29 is 4.79 Å². The zero-order valence-electron chi connectivity index (χ0n) is 9.76. The van der Waals surface area contributed by atoms with Crippen molar-refractivity contribution in [2.75, 3.05) is 0 Å². The fourth-order valence-corrected chi connectivity index (χ4v) is 3.82. The van der Waals surface area contributed by atoms with Gasteiger partial charge in [0.1, 0.15) is 0 Å². The number of halogens is 3. The van der Waals surface area contributed by atoms with E-state index in [2.05, 4.69) is 37.2 Å². The van der Waals surface area contributed by atoms with Crippen LogP contribution in [-0.4, -0.2) is 17.3 Å². The van der Waals surface area contributed by atoms with Crippen LogP contribution in [0.5, 0.6) is 0 Å². The molecule has 0 heterocycles. The molecule has 0 spiro atoms. The zero-order chi connectivity index (χ0) is 13.1. The smallest absolute Gasteiger partial charge is 0.251 e. The number of nitrogens with one attached hydrogen (secondary N) is 1. The van der Waals surface area contributed by atoms with E-state index >= 15 is 0 Å². The molecule has 1 amide bonds. The van der Waals surface area contributed by atoms with Gasteiger partial charge in [-0.25, -0.2) is 0 Å². The minimum absolute atomic E-state index is 0.0540. The van der Waals surface area contributed by atoms with E-state index in [1.54, 1.807) is 0 Å². The molecule has 0 saturated heterocycles. The van der Waals surface area contributed by atoms with Crippen LogP contribution >= 0.6 is 43.5 Å². The molecule has 98 valence electrons. The molecule has 2 rings (SSSR count). The van der Waals surface area contributed by atoms with Gasteiger partial charge in [0.25, 0.3) is 5.91 Å². The SMILES string of the molecule is O=C(NC1CCCCC1Cl)c1cc(Br)cc(Br)c1. The standard InChI is InChI=1S/C13H14Br2ClNO/c14-9-5-8(6-10(15)7-9)13(18)17-12-4-2-1-3-11(12)16/h5-7,11-12H,1-4H2,(H,17,18). The Morgan fingerprint density at radius 1 is 1.17 bits per heavy atom. The van der Waals surface area contributed by atoms with Gasteiger partial charge in [-0.05, 0) is 31.0 Å². The minimum Gasteiger partial charge on any atom is -0.348 e.